The number of amides is 1. The smallest absolute Gasteiger partial charge is 0.294 e. The summed E-state index contributed by atoms with van der Waals surface area (Å²) in [4.78, 5) is 13.7. The van der Waals surface area contributed by atoms with E-state index < -0.39 is 5.91 Å². The molecule has 2 aromatic heterocycles. The maximum Gasteiger partial charge on any atom is 0.294 e. The van der Waals surface area contributed by atoms with Crippen molar-refractivity contribution < 1.29 is 23.8 Å². The number of quaternary nitrogens is 1. The first kappa shape index (κ1) is 20.7. The Bertz CT molecular complexity index is 1060. The van der Waals surface area contributed by atoms with E-state index in [1.54, 1.807) is 25.3 Å². The van der Waals surface area contributed by atoms with Crippen molar-refractivity contribution in [1.29, 1.82) is 0 Å². The summed E-state index contributed by atoms with van der Waals surface area (Å²) in [5.74, 6) is 0.832. The summed E-state index contributed by atoms with van der Waals surface area (Å²) < 4.78 is 16.4. The molecule has 0 aliphatic carbocycles. The molecular weight excluding hydrogens is 394 g/mol. The van der Waals surface area contributed by atoms with Crippen LogP contribution >= 0.6 is 0 Å². The van der Waals surface area contributed by atoms with Crippen LogP contribution in [0.15, 0.2) is 27.9 Å². The van der Waals surface area contributed by atoms with Crippen molar-refractivity contribution in [3.63, 3.8) is 0 Å². The van der Waals surface area contributed by atoms with Crippen LogP contribution in [0.5, 0.6) is 11.5 Å². The first-order valence-corrected chi connectivity index (χ1v) is 8.82. The second kappa shape index (κ2) is 9.00. The Kier molecular flexibility index (Phi) is 6.22. The van der Waals surface area contributed by atoms with E-state index in [1.807, 2.05) is 14.1 Å². The molecule has 0 saturated carbocycles. The summed E-state index contributed by atoms with van der Waals surface area (Å²) in [6, 6.07) is 5.22. The van der Waals surface area contributed by atoms with Gasteiger partial charge in [0.15, 0.2) is 5.69 Å². The molecule has 0 aliphatic heterocycles. The topological polar surface area (TPSA) is 160 Å². The zero-order chi connectivity index (χ0) is 21.7. The molecule has 3 aromatic rings. The molecule has 0 radical (unpaired) electrons. The largest absolute Gasteiger partial charge is 0.497 e. The van der Waals surface area contributed by atoms with Gasteiger partial charge in [-0.2, -0.15) is 9.78 Å². The van der Waals surface area contributed by atoms with Gasteiger partial charge in [-0.05, 0) is 22.4 Å². The number of benzene rings is 1. The number of methoxy groups -OCH3 is 2. The number of rotatable bonds is 8. The lowest BCUT2D eigenvalue weighted by molar-refractivity contribution is -0.873. The van der Waals surface area contributed by atoms with Gasteiger partial charge in [0.1, 0.15) is 23.7 Å². The van der Waals surface area contributed by atoms with Gasteiger partial charge in [-0.1, -0.05) is 5.21 Å². The highest BCUT2D eigenvalue weighted by molar-refractivity contribution is 5.94. The van der Waals surface area contributed by atoms with Crippen LogP contribution in [0, 0.1) is 0 Å². The molecular formula is C17H22N9O4+. The third-order valence-electron chi connectivity index (χ3n) is 4.01. The van der Waals surface area contributed by atoms with Gasteiger partial charge in [0, 0.05) is 11.6 Å². The highest BCUT2D eigenvalue weighted by atomic mass is 16.6. The number of nitrogens with zero attached hydrogens (tertiary/aromatic N) is 6. The highest BCUT2D eigenvalue weighted by Crippen LogP contribution is 2.23. The van der Waals surface area contributed by atoms with Crippen molar-refractivity contribution in [3.8, 4) is 17.3 Å². The van der Waals surface area contributed by atoms with E-state index in [4.69, 9.17) is 15.2 Å². The van der Waals surface area contributed by atoms with Crippen LogP contribution < -0.4 is 25.5 Å². The molecule has 0 aliphatic rings. The summed E-state index contributed by atoms with van der Waals surface area (Å²) in [7, 11) is 6.92. The Hall–Kier alpha value is -4.00. The summed E-state index contributed by atoms with van der Waals surface area (Å²) in [6.45, 7) is 0.415. The van der Waals surface area contributed by atoms with Crippen molar-refractivity contribution in [2.45, 2.75) is 6.54 Å². The number of anilines is 1. The molecule has 0 saturated heterocycles. The van der Waals surface area contributed by atoms with Crippen LogP contribution in [0.2, 0.25) is 0 Å². The maximum atomic E-state index is 12.7. The van der Waals surface area contributed by atoms with Crippen molar-refractivity contribution in [2.24, 2.45) is 5.10 Å². The minimum absolute atomic E-state index is 0.0338. The number of nitrogens with one attached hydrogen (secondary N) is 2. The van der Waals surface area contributed by atoms with Crippen molar-refractivity contribution in [2.75, 3.05) is 34.0 Å². The summed E-state index contributed by atoms with van der Waals surface area (Å²) in [5, 5.41) is 19.2. The Morgan fingerprint density at radius 1 is 1.33 bits per heavy atom. The van der Waals surface area contributed by atoms with Gasteiger partial charge in [0.05, 0.1) is 34.5 Å². The number of nitrogens with two attached hydrogens (primary N) is 1. The summed E-state index contributed by atoms with van der Waals surface area (Å²) in [6.07, 6.45) is 1.46. The molecule has 4 N–H and O–H groups in total. The molecule has 2 heterocycles. The van der Waals surface area contributed by atoms with E-state index >= 15 is 0 Å². The minimum Gasteiger partial charge on any atom is -0.497 e. The van der Waals surface area contributed by atoms with Crippen LogP contribution in [0.4, 0.5) is 5.82 Å². The van der Waals surface area contributed by atoms with Crippen molar-refractivity contribution in [1.82, 2.24) is 30.7 Å². The van der Waals surface area contributed by atoms with Gasteiger partial charge in [0.2, 0.25) is 11.6 Å². The lowest BCUT2D eigenvalue weighted by Crippen LogP contribution is -3.04. The molecule has 13 heteroatoms. The second-order valence-corrected chi connectivity index (χ2v) is 6.46. The van der Waals surface area contributed by atoms with Crippen LogP contribution in [-0.2, 0) is 6.54 Å². The van der Waals surface area contributed by atoms with Gasteiger partial charge in [-0.25, -0.2) is 10.1 Å². The number of hydrogen-bond acceptors (Lipinski definition) is 10. The molecule has 0 atom stereocenters. The Balaban J connectivity index is 1.83. The summed E-state index contributed by atoms with van der Waals surface area (Å²) >= 11 is 0. The molecule has 0 spiro atoms. The monoisotopic (exact) mass is 416 g/mol. The SMILES string of the molecule is COc1ccc(/C=N\NC(=O)c2nnn(-c3nonc3N)c2C[NH+](C)C)c(OC)c1. The predicted octanol–water partition coefficient (Wildman–Crippen LogP) is -1.34. The number of hydrazone groups is 1. The number of carbonyl (C=O) groups excluding carboxylic acids is 1. The van der Waals surface area contributed by atoms with E-state index in [9.17, 15) is 4.79 Å². The average molecular weight is 416 g/mol. The number of nitrogen functional groups attached to an aromatic ring is 1. The minimum atomic E-state index is -0.545. The van der Waals surface area contributed by atoms with E-state index in [0.29, 0.717) is 29.3 Å². The third kappa shape index (κ3) is 4.35. The van der Waals surface area contributed by atoms with Crippen LogP contribution in [0.1, 0.15) is 21.7 Å². The maximum absolute atomic E-state index is 12.7. The van der Waals surface area contributed by atoms with E-state index in [2.05, 4.69) is 35.8 Å². The molecule has 1 aromatic carbocycles. The zero-order valence-electron chi connectivity index (χ0n) is 16.9. The number of hydrogen-bond donors (Lipinski definition) is 3. The normalized spacial score (nSPS) is 11.2. The fourth-order valence-electron chi connectivity index (χ4n) is 2.62. The number of aromatic nitrogens is 5. The average Bonchev–Trinajstić information content (AvgIpc) is 3.33. The van der Waals surface area contributed by atoms with Crippen molar-refractivity contribution in [3.05, 3.63) is 35.2 Å². The van der Waals surface area contributed by atoms with Gasteiger partial charge in [0.25, 0.3) is 5.91 Å². The van der Waals surface area contributed by atoms with Gasteiger partial charge >= 0.3 is 0 Å². The fourth-order valence-corrected chi connectivity index (χ4v) is 2.62. The van der Waals surface area contributed by atoms with Crippen LogP contribution in [0.25, 0.3) is 5.82 Å². The molecule has 0 fully saturated rings. The van der Waals surface area contributed by atoms with E-state index in [1.165, 1.54) is 18.0 Å². The lowest BCUT2D eigenvalue weighted by atomic mass is 10.2. The van der Waals surface area contributed by atoms with E-state index in [-0.39, 0.29) is 17.3 Å². The van der Waals surface area contributed by atoms with Gasteiger partial charge in [-0.3, -0.25) is 4.79 Å². The van der Waals surface area contributed by atoms with Gasteiger partial charge < -0.3 is 20.1 Å². The third-order valence-corrected chi connectivity index (χ3v) is 4.01. The molecule has 13 nitrogen and oxygen atoms in total. The van der Waals surface area contributed by atoms with E-state index in [0.717, 1.165) is 4.90 Å². The Morgan fingerprint density at radius 3 is 2.77 bits per heavy atom. The first-order chi connectivity index (χ1) is 14.4. The Labute approximate surface area is 171 Å². The molecule has 30 heavy (non-hydrogen) atoms. The van der Waals surface area contributed by atoms with Crippen molar-refractivity contribution >= 4 is 17.9 Å². The summed E-state index contributed by atoms with van der Waals surface area (Å²) in [5.41, 5.74) is 9.40. The van der Waals surface area contributed by atoms with Crippen LogP contribution in [-0.4, -0.2) is 65.7 Å². The van der Waals surface area contributed by atoms with Gasteiger partial charge in [-0.15, -0.1) is 5.10 Å². The lowest BCUT2D eigenvalue weighted by Gasteiger charge is -2.09. The fraction of sp³-hybridized carbons (Fsp3) is 0.294. The zero-order valence-corrected chi connectivity index (χ0v) is 16.9. The molecule has 158 valence electrons. The molecule has 0 bridgehead atoms. The molecule has 3 rings (SSSR count). The Morgan fingerprint density at radius 2 is 2.13 bits per heavy atom. The number of carbonyl (C=O) groups is 1. The highest BCUT2D eigenvalue weighted by Gasteiger charge is 2.25. The predicted molar refractivity (Wildman–Crippen MR) is 105 cm³/mol. The van der Waals surface area contributed by atoms with Crippen LogP contribution in [0.3, 0.4) is 0 Å². The molecule has 1 amide bonds. The molecule has 0 unspecified atom stereocenters. The quantitative estimate of drug-likeness (QED) is 0.298. The standard InChI is InChI=1S/C17H21N9O4/c1-25(2)9-12-14(20-24-26(12)16-15(18)22-30-23-16)17(27)21-19-8-10-5-6-11(28-3)7-13(10)29-4/h5-8H,9H2,1-4H3,(H2,18,22)(H,21,27)/p+1/b19-8-. The number of ether oxygens (including phenoxy) is 2. The first-order valence-electron chi connectivity index (χ1n) is 8.82. The second-order valence-electron chi connectivity index (χ2n) is 6.46.